The molecule has 0 radical (unpaired) electrons. The van der Waals surface area contributed by atoms with Crippen molar-refractivity contribution in [3.05, 3.63) is 35.3 Å². The summed E-state index contributed by atoms with van der Waals surface area (Å²) in [5.41, 5.74) is 7.65. The predicted octanol–water partition coefficient (Wildman–Crippen LogP) is 2.67. The van der Waals surface area contributed by atoms with Gasteiger partial charge in [-0.3, -0.25) is 0 Å². The Morgan fingerprint density at radius 2 is 2.00 bits per heavy atom. The number of thiazole rings is 1. The first-order valence-corrected chi connectivity index (χ1v) is 4.71. The summed E-state index contributed by atoms with van der Waals surface area (Å²) in [7, 11) is 0. The Hall–Kier alpha value is -1.49. The lowest BCUT2D eigenvalue weighted by molar-refractivity contribution is 0.509. The van der Waals surface area contributed by atoms with Gasteiger partial charge >= 0.3 is 0 Å². The minimum absolute atomic E-state index is 0.334. The molecule has 2 rings (SSSR count). The molecule has 1 heterocycles. The largest absolute Gasteiger partial charge is 0.382 e. The molecule has 5 heteroatoms. The van der Waals surface area contributed by atoms with Crippen molar-refractivity contribution in [2.45, 2.75) is 0 Å². The molecular weight excluding hydrogens is 206 g/mol. The number of benzene rings is 1. The first-order valence-electron chi connectivity index (χ1n) is 3.83. The molecule has 14 heavy (non-hydrogen) atoms. The van der Waals surface area contributed by atoms with E-state index in [1.54, 1.807) is 5.51 Å². The van der Waals surface area contributed by atoms with Gasteiger partial charge in [-0.2, -0.15) is 0 Å². The maximum Gasteiger partial charge on any atom is 0.159 e. The van der Waals surface area contributed by atoms with Gasteiger partial charge in [-0.15, -0.1) is 11.3 Å². The fourth-order valence-corrected chi connectivity index (χ4v) is 1.82. The second-order valence-corrected chi connectivity index (χ2v) is 3.55. The van der Waals surface area contributed by atoms with E-state index < -0.39 is 11.6 Å². The Morgan fingerprint density at radius 3 is 2.57 bits per heavy atom. The molecular formula is C9H6F2N2S. The zero-order valence-electron chi connectivity index (χ0n) is 7.00. The Kier molecular flexibility index (Phi) is 2.17. The minimum Gasteiger partial charge on any atom is -0.382 e. The standard InChI is InChI=1S/C9H6F2N2S/c10-6-2-1-5(3-7(6)11)8-9(12)13-4-14-8/h1-4H,12H2. The van der Waals surface area contributed by atoms with Crippen molar-refractivity contribution in [2.75, 3.05) is 5.73 Å². The summed E-state index contributed by atoms with van der Waals surface area (Å²) in [6.45, 7) is 0. The quantitative estimate of drug-likeness (QED) is 0.789. The van der Waals surface area contributed by atoms with Crippen molar-refractivity contribution in [1.82, 2.24) is 4.98 Å². The molecule has 1 aromatic heterocycles. The molecule has 0 saturated heterocycles. The van der Waals surface area contributed by atoms with Crippen LogP contribution < -0.4 is 5.73 Å². The normalized spacial score (nSPS) is 10.4. The second-order valence-electron chi connectivity index (χ2n) is 2.70. The van der Waals surface area contributed by atoms with Crippen molar-refractivity contribution in [1.29, 1.82) is 0 Å². The SMILES string of the molecule is Nc1ncsc1-c1ccc(F)c(F)c1. The average molecular weight is 212 g/mol. The van der Waals surface area contributed by atoms with Crippen LogP contribution in [0.4, 0.5) is 14.6 Å². The van der Waals surface area contributed by atoms with Crippen LogP contribution in [-0.2, 0) is 0 Å². The van der Waals surface area contributed by atoms with Crippen molar-refractivity contribution >= 4 is 17.2 Å². The number of nitrogen functional groups attached to an aromatic ring is 1. The van der Waals surface area contributed by atoms with Gasteiger partial charge in [0.25, 0.3) is 0 Å². The van der Waals surface area contributed by atoms with Gasteiger partial charge in [-0.25, -0.2) is 13.8 Å². The van der Waals surface area contributed by atoms with Crippen LogP contribution in [0.1, 0.15) is 0 Å². The highest BCUT2D eigenvalue weighted by Gasteiger charge is 2.08. The molecule has 0 fully saturated rings. The number of aromatic nitrogens is 1. The van der Waals surface area contributed by atoms with E-state index in [9.17, 15) is 8.78 Å². The Balaban J connectivity index is 2.53. The van der Waals surface area contributed by atoms with E-state index in [0.717, 1.165) is 12.1 Å². The van der Waals surface area contributed by atoms with Crippen LogP contribution in [0.15, 0.2) is 23.7 Å². The molecule has 72 valence electrons. The monoisotopic (exact) mass is 212 g/mol. The van der Waals surface area contributed by atoms with E-state index >= 15 is 0 Å². The van der Waals surface area contributed by atoms with E-state index in [2.05, 4.69) is 4.98 Å². The number of hydrogen-bond donors (Lipinski definition) is 1. The van der Waals surface area contributed by atoms with Crippen LogP contribution in [0.5, 0.6) is 0 Å². The number of rotatable bonds is 1. The summed E-state index contributed by atoms with van der Waals surface area (Å²) in [4.78, 5) is 4.48. The number of nitrogens with two attached hydrogens (primary N) is 1. The summed E-state index contributed by atoms with van der Waals surface area (Å²) in [6, 6.07) is 3.66. The molecule has 0 saturated carbocycles. The Bertz CT molecular complexity index is 468. The number of halogens is 2. The molecule has 0 aliphatic heterocycles. The molecule has 0 aliphatic rings. The van der Waals surface area contributed by atoms with Gasteiger partial charge in [0.2, 0.25) is 0 Å². The summed E-state index contributed by atoms with van der Waals surface area (Å²) in [5, 5.41) is 0. The lowest BCUT2D eigenvalue weighted by atomic mass is 10.2. The third-order valence-corrected chi connectivity index (χ3v) is 2.67. The third-order valence-electron chi connectivity index (χ3n) is 1.78. The molecule has 2 nitrogen and oxygen atoms in total. The highest BCUT2D eigenvalue weighted by molar-refractivity contribution is 7.13. The Labute approximate surface area is 83.0 Å². The first-order chi connectivity index (χ1) is 6.68. The van der Waals surface area contributed by atoms with Crippen LogP contribution in [0.25, 0.3) is 10.4 Å². The van der Waals surface area contributed by atoms with Gasteiger partial charge in [0, 0.05) is 0 Å². The van der Waals surface area contributed by atoms with Gasteiger partial charge in [-0.05, 0) is 17.7 Å². The van der Waals surface area contributed by atoms with Crippen LogP contribution in [0.2, 0.25) is 0 Å². The second kappa shape index (κ2) is 3.34. The van der Waals surface area contributed by atoms with E-state index in [0.29, 0.717) is 16.3 Å². The number of hydrogen-bond acceptors (Lipinski definition) is 3. The molecule has 0 amide bonds. The van der Waals surface area contributed by atoms with Crippen LogP contribution in [-0.4, -0.2) is 4.98 Å². The molecule has 1 aromatic carbocycles. The summed E-state index contributed by atoms with van der Waals surface area (Å²) in [6.07, 6.45) is 0. The number of nitrogens with zero attached hydrogens (tertiary/aromatic N) is 1. The molecule has 0 aliphatic carbocycles. The van der Waals surface area contributed by atoms with Crippen LogP contribution >= 0.6 is 11.3 Å². The lowest BCUT2D eigenvalue weighted by Gasteiger charge is -1.99. The minimum atomic E-state index is -0.879. The van der Waals surface area contributed by atoms with E-state index in [-0.39, 0.29) is 0 Å². The maximum absolute atomic E-state index is 12.9. The predicted molar refractivity (Wildman–Crippen MR) is 51.9 cm³/mol. The highest BCUT2D eigenvalue weighted by Crippen LogP contribution is 2.29. The van der Waals surface area contributed by atoms with Gasteiger partial charge in [0.15, 0.2) is 11.6 Å². The summed E-state index contributed by atoms with van der Waals surface area (Å²) < 4.78 is 25.5. The molecule has 2 aromatic rings. The highest BCUT2D eigenvalue weighted by atomic mass is 32.1. The molecule has 0 spiro atoms. The molecule has 0 unspecified atom stereocenters. The average Bonchev–Trinajstić information content (AvgIpc) is 2.57. The fourth-order valence-electron chi connectivity index (χ4n) is 1.11. The molecule has 0 bridgehead atoms. The smallest absolute Gasteiger partial charge is 0.159 e. The van der Waals surface area contributed by atoms with Crippen molar-refractivity contribution in [3.8, 4) is 10.4 Å². The van der Waals surface area contributed by atoms with Gasteiger partial charge in [0.1, 0.15) is 5.82 Å². The van der Waals surface area contributed by atoms with Gasteiger partial charge in [-0.1, -0.05) is 6.07 Å². The van der Waals surface area contributed by atoms with Crippen molar-refractivity contribution < 1.29 is 8.78 Å². The van der Waals surface area contributed by atoms with E-state index in [1.807, 2.05) is 0 Å². The molecule has 2 N–H and O–H groups in total. The Morgan fingerprint density at radius 1 is 1.21 bits per heavy atom. The van der Waals surface area contributed by atoms with E-state index in [4.69, 9.17) is 5.73 Å². The molecule has 0 atom stereocenters. The zero-order chi connectivity index (χ0) is 10.1. The third kappa shape index (κ3) is 1.46. The van der Waals surface area contributed by atoms with Gasteiger partial charge in [0.05, 0.1) is 10.4 Å². The van der Waals surface area contributed by atoms with Crippen molar-refractivity contribution in [2.24, 2.45) is 0 Å². The first kappa shape index (κ1) is 9.08. The van der Waals surface area contributed by atoms with Gasteiger partial charge < -0.3 is 5.73 Å². The summed E-state index contributed by atoms with van der Waals surface area (Å²) in [5.74, 6) is -1.41. The summed E-state index contributed by atoms with van der Waals surface area (Å²) >= 11 is 1.29. The number of anilines is 1. The fraction of sp³-hybridized carbons (Fsp3) is 0. The van der Waals surface area contributed by atoms with Crippen LogP contribution in [0, 0.1) is 11.6 Å². The topological polar surface area (TPSA) is 38.9 Å². The van der Waals surface area contributed by atoms with E-state index in [1.165, 1.54) is 17.4 Å². The van der Waals surface area contributed by atoms with Crippen molar-refractivity contribution in [3.63, 3.8) is 0 Å². The van der Waals surface area contributed by atoms with Crippen LogP contribution in [0.3, 0.4) is 0 Å². The zero-order valence-corrected chi connectivity index (χ0v) is 7.81. The lowest BCUT2D eigenvalue weighted by Crippen LogP contribution is -1.88. The maximum atomic E-state index is 12.9.